The zero-order valence-electron chi connectivity index (χ0n) is 14.6. The van der Waals surface area contributed by atoms with Gasteiger partial charge in [0, 0.05) is 50.2 Å². The van der Waals surface area contributed by atoms with Crippen LogP contribution in [0.2, 0.25) is 0 Å². The zero-order valence-corrected chi connectivity index (χ0v) is 14.6. The number of rotatable bonds is 2. The first-order valence-electron chi connectivity index (χ1n) is 8.58. The summed E-state index contributed by atoms with van der Waals surface area (Å²) in [5, 5.41) is 0. The average molecular weight is 352 g/mol. The van der Waals surface area contributed by atoms with Crippen molar-refractivity contribution < 1.29 is 9.59 Å². The molecule has 2 aliphatic rings. The molecule has 8 nitrogen and oxygen atoms in total. The van der Waals surface area contributed by atoms with E-state index in [9.17, 15) is 9.59 Å². The molecule has 0 bridgehead atoms. The van der Waals surface area contributed by atoms with Crippen molar-refractivity contribution in [1.82, 2.24) is 14.9 Å². The molecule has 2 aromatic heterocycles. The van der Waals surface area contributed by atoms with Gasteiger partial charge in [-0.15, -0.1) is 0 Å². The van der Waals surface area contributed by atoms with Crippen LogP contribution in [0.4, 0.5) is 21.1 Å². The van der Waals surface area contributed by atoms with Crippen molar-refractivity contribution in [2.45, 2.75) is 12.8 Å². The molecule has 8 heteroatoms. The fourth-order valence-corrected chi connectivity index (χ4v) is 3.46. The molecule has 0 spiro atoms. The summed E-state index contributed by atoms with van der Waals surface area (Å²) in [4.78, 5) is 37.5. The molecule has 2 N–H and O–H groups in total. The highest BCUT2D eigenvalue weighted by Gasteiger charge is 2.27. The van der Waals surface area contributed by atoms with Gasteiger partial charge in [-0.2, -0.15) is 0 Å². The van der Waals surface area contributed by atoms with E-state index >= 15 is 0 Å². The summed E-state index contributed by atoms with van der Waals surface area (Å²) in [7, 11) is 1.79. The number of aromatic nitrogens is 2. The Labute approximate surface area is 151 Å². The lowest BCUT2D eigenvalue weighted by atomic mass is 10.0. The summed E-state index contributed by atoms with van der Waals surface area (Å²) in [6.45, 7) is 1.94. The number of hydrogen-bond donors (Lipinski definition) is 1. The van der Waals surface area contributed by atoms with Gasteiger partial charge < -0.3 is 10.6 Å². The van der Waals surface area contributed by atoms with E-state index in [0.29, 0.717) is 25.5 Å². The minimum Gasteiger partial charge on any atom is -0.351 e. The van der Waals surface area contributed by atoms with Crippen LogP contribution in [-0.4, -0.2) is 53.6 Å². The van der Waals surface area contributed by atoms with E-state index in [4.69, 9.17) is 5.73 Å². The van der Waals surface area contributed by atoms with Crippen molar-refractivity contribution >= 4 is 23.6 Å². The number of hydrogen-bond acceptors (Lipinski definition) is 4. The Morgan fingerprint density at radius 1 is 1.12 bits per heavy atom. The maximum atomic E-state index is 12.2. The lowest BCUT2D eigenvalue weighted by molar-refractivity contribution is 0.229. The van der Waals surface area contributed by atoms with Crippen LogP contribution in [0.5, 0.6) is 0 Å². The van der Waals surface area contributed by atoms with E-state index in [1.54, 1.807) is 35.4 Å². The van der Waals surface area contributed by atoms with Gasteiger partial charge in [0.15, 0.2) is 0 Å². The third-order valence-electron chi connectivity index (χ3n) is 4.88. The molecule has 4 heterocycles. The highest BCUT2D eigenvalue weighted by atomic mass is 16.2. The Morgan fingerprint density at radius 2 is 1.92 bits per heavy atom. The smallest absolute Gasteiger partial charge is 0.324 e. The number of urea groups is 2. The first kappa shape index (κ1) is 16.3. The van der Waals surface area contributed by atoms with E-state index < -0.39 is 6.03 Å². The van der Waals surface area contributed by atoms with E-state index in [-0.39, 0.29) is 6.03 Å². The number of nitrogens with zero attached hydrogens (tertiary/aromatic N) is 5. The van der Waals surface area contributed by atoms with Crippen molar-refractivity contribution in [2.75, 3.05) is 36.5 Å². The first-order chi connectivity index (χ1) is 12.5. The molecule has 0 unspecified atom stereocenters. The van der Waals surface area contributed by atoms with Crippen LogP contribution >= 0.6 is 0 Å². The molecule has 26 heavy (non-hydrogen) atoms. The summed E-state index contributed by atoms with van der Waals surface area (Å²) in [5.41, 5.74) is 9.00. The van der Waals surface area contributed by atoms with Crippen LogP contribution in [-0.2, 0) is 6.42 Å². The number of amides is 4. The summed E-state index contributed by atoms with van der Waals surface area (Å²) in [6, 6.07) is 3.47. The molecule has 0 radical (unpaired) electrons. The highest BCUT2D eigenvalue weighted by molar-refractivity contribution is 5.94. The molecule has 4 amide bonds. The number of carbonyl (C=O) groups is 2. The summed E-state index contributed by atoms with van der Waals surface area (Å²) in [5.74, 6) is 0.632. The number of carbonyl (C=O) groups excluding carboxylic acids is 2. The van der Waals surface area contributed by atoms with Gasteiger partial charge in [0.05, 0.1) is 11.9 Å². The fourth-order valence-electron chi connectivity index (χ4n) is 3.46. The topological polar surface area (TPSA) is 95.7 Å². The number of anilines is 2. The predicted octanol–water partition coefficient (Wildman–Crippen LogP) is 1.85. The minimum atomic E-state index is -0.480. The van der Waals surface area contributed by atoms with E-state index in [1.165, 1.54) is 4.90 Å². The van der Waals surface area contributed by atoms with Crippen LogP contribution in [0.3, 0.4) is 0 Å². The van der Waals surface area contributed by atoms with E-state index in [0.717, 1.165) is 35.2 Å². The molecule has 0 aromatic carbocycles. The second kappa shape index (κ2) is 6.29. The summed E-state index contributed by atoms with van der Waals surface area (Å²) < 4.78 is 0. The third-order valence-corrected chi connectivity index (χ3v) is 4.88. The molecular formula is C18H20N6O2. The second-order valence-electron chi connectivity index (χ2n) is 6.59. The van der Waals surface area contributed by atoms with Crippen LogP contribution in [0.1, 0.15) is 12.0 Å². The Balaban J connectivity index is 1.67. The molecule has 2 aliphatic heterocycles. The van der Waals surface area contributed by atoms with Crippen LogP contribution in [0.25, 0.3) is 11.1 Å². The van der Waals surface area contributed by atoms with Gasteiger partial charge in [-0.1, -0.05) is 0 Å². The van der Waals surface area contributed by atoms with Gasteiger partial charge in [-0.3, -0.25) is 14.8 Å². The fraction of sp³-hybridized carbons (Fsp3) is 0.333. The zero-order chi connectivity index (χ0) is 18.3. The quantitative estimate of drug-likeness (QED) is 0.892. The summed E-state index contributed by atoms with van der Waals surface area (Å²) >= 11 is 0. The molecule has 0 aliphatic carbocycles. The molecule has 1 saturated heterocycles. The standard InChI is InChI=1S/C18H20N6O2/c1-22-5-6-23(18(22)26)15-8-14(9-20-11-15)13-7-12-3-2-4-24(17(19)25)16(12)21-10-13/h7-11H,2-6H2,1H3,(H2,19,25). The van der Waals surface area contributed by atoms with Crippen LogP contribution in [0.15, 0.2) is 30.7 Å². The van der Waals surface area contributed by atoms with Crippen molar-refractivity contribution in [2.24, 2.45) is 5.73 Å². The van der Waals surface area contributed by atoms with Gasteiger partial charge in [-0.25, -0.2) is 14.6 Å². The van der Waals surface area contributed by atoms with Gasteiger partial charge in [0.1, 0.15) is 5.82 Å². The van der Waals surface area contributed by atoms with Crippen molar-refractivity contribution in [1.29, 1.82) is 0 Å². The predicted molar refractivity (Wildman–Crippen MR) is 98.1 cm³/mol. The summed E-state index contributed by atoms with van der Waals surface area (Å²) in [6.07, 6.45) is 6.88. The van der Waals surface area contributed by atoms with E-state index in [2.05, 4.69) is 9.97 Å². The number of aryl methyl sites for hydroxylation is 1. The Morgan fingerprint density at radius 3 is 2.65 bits per heavy atom. The monoisotopic (exact) mass is 352 g/mol. The Hall–Kier alpha value is -3.16. The second-order valence-corrected chi connectivity index (χ2v) is 6.59. The molecule has 2 aromatic rings. The van der Waals surface area contributed by atoms with Gasteiger partial charge in [0.25, 0.3) is 0 Å². The van der Waals surface area contributed by atoms with E-state index in [1.807, 2.05) is 12.1 Å². The maximum absolute atomic E-state index is 12.2. The van der Waals surface area contributed by atoms with Gasteiger partial charge >= 0.3 is 12.1 Å². The molecule has 134 valence electrons. The maximum Gasteiger partial charge on any atom is 0.324 e. The molecule has 4 rings (SSSR count). The molecule has 0 atom stereocenters. The van der Waals surface area contributed by atoms with Crippen molar-refractivity contribution in [3.8, 4) is 11.1 Å². The largest absolute Gasteiger partial charge is 0.351 e. The number of nitrogens with two attached hydrogens (primary N) is 1. The number of pyridine rings is 2. The van der Waals surface area contributed by atoms with Gasteiger partial charge in [-0.05, 0) is 30.5 Å². The average Bonchev–Trinajstić information content (AvgIpc) is 2.99. The van der Waals surface area contributed by atoms with Crippen LogP contribution in [0, 0.1) is 0 Å². The number of primary amides is 1. The Kier molecular flexibility index (Phi) is 3.95. The minimum absolute atomic E-state index is 0.0235. The lowest BCUT2D eigenvalue weighted by Gasteiger charge is -2.27. The lowest BCUT2D eigenvalue weighted by Crippen LogP contribution is -2.40. The highest BCUT2D eigenvalue weighted by Crippen LogP contribution is 2.31. The Bertz CT molecular complexity index is 884. The van der Waals surface area contributed by atoms with Crippen molar-refractivity contribution in [3.05, 3.63) is 36.3 Å². The normalized spacial score (nSPS) is 16.8. The first-order valence-corrected chi connectivity index (χ1v) is 8.58. The van der Waals surface area contributed by atoms with Crippen molar-refractivity contribution in [3.63, 3.8) is 0 Å². The SMILES string of the molecule is CN1CCN(c2cncc(-c3cnc4c(c3)CCCN4C(N)=O)c2)C1=O. The molecule has 0 saturated carbocycles. The number of likely N-dealkylation sites (N-methyl/N-ethyl adjacent to an activating group) is 1. The van der Waals surface area contributed by atoms with Gasteiger partial charge in [0.2, 0.25) is 0 Å². The van der Waals surface area contributed by atoms with Crippen LogP contribution < -0.4 is 15.5 Å². The third kappa shape index (κ3) is 2.73. The number of fused-ring (bicyclic) bond motifs is 1. The molecular weight excluding hydrogens is 332 g/mol. The molecule has 1 fully saturated rings.